The standard InChI is InChI=1S/C17H23FN2O/c1-13(2)19-9-14-8-16(21-12-14)11-20(3)10-15-6-4-5-7-17(15)18/h4-8,12-13,19H,9-11H2,1-3H3. The lowest BCUT2D eigenvalue weighted by atomic mass is 10.2. The predicted octanol–water partition coefficient (Wildman–Crippen LogP) is 3.55. The maximum atomic E-state index is 13.6. The number of halogens is 1. The van der Waals surface area contributed by atoms with E-state index in [1.54, 1.807) is 12.3 Å². The molecule has 1 N–H and O–H groups in total. The second kappa shape index (κ2) is 7.38. The molecule has 0 fully saturated rings. The van der Waals surface area contributed by atoms with E-state index in [0.717, 1.165) is 17.9 Å². The molecule has 0 radical (unpaired) electrons. The van der Waals surface area contributed by atoms with E-state index in [1.807, 2.05) is 30.1 Å². The Kier molecular flexibility index (Phi) is 5.53. The molecule has 0 saturated heterocycles. The molecule has 4 heteroatoms. The second-order valence-corrected chi connectivity index (χ2v) is 5.72. The zero-order valence-electron chi connectivity index (χ0n) is 12.9. The van der Waals surface area contributed by atoms with Crippen LogP contribution in [0, 0.1) is 5.82 Å². The van der Waals surface area contributed by atoms with Crippen molar-refractivity contribution in [2.45, 2.75) is 39.5 Å². The summed E-state index contributed by atoms with van der Waals surface area (Å²) in [7, 11) is 1.96. The molecule has 0 aliphatic carbocycles. The van der Waals surface area contributed by atoms with Gasteiger partial charge in [0.2, 0.25) is 0 Å². The molecule has 0 amide bonds. The molecular weight excluding hydrogens is 267 g/mol. The van der Waals surface area contributed by atoms with Crippen LogP contribution < -0.4 is 5.32 Å². The fourth-order valence-electron chi connectivity index (χ4n) is 2.16. The van der Waals surface area contributed by atoms with Gasteiger partial charge >= 0.3 is 0 Å². The molecule has 0 aliphatic rings. The predicted molar refractivity (Wildman–Crippen MR) is 82.3 cm³/mol. The lowest BCUT2D eigenvalue weighted by Crippen LogP contribution is -2.21. The van der Waals surface area contributed by atoms with Crippen molar-refractivity contribution < 1.29 is 8.81 Å². The van der Waals surface area contributed by atoms with Crippen LogP contribution in [-0.4, -0.2) is 18.0 Å². The summed E-state index contributed by atoms with van der Waals surface area (Å²) in [6.07, 6.45) is 1.78. The largest absolute Gasteiger partial charge is 0.468 e. The van der Waals surface area contributed by atoms with E-state index in [9.17, 15) is 4.39 Å². The highest BCUT2D eigenvalue weighted by Crippen LogP contribution is 2.13. The summed E-state index contributed by atoms with van der Waals surface area (Å²) in [5, 5.41) is 3.35. The van der Waals surface area contributed by atoms with Crippen molar-refractivity contribution in [2.24, 2.45) is 0 Å². The van der Waals surface area contributed by atoms with Gasteiger partial charge in [0.05, 0.1) is 12.8 Å². The topological polar surface area (TPSA) is 28.4 Å². The molecule has 114 valence electrons. The number of benzene rings is 1. The highest BCUT2D eigenvalue weighted by Gasteiger charge is 2.08. The number of furan rings is 1. The van der Waals surface area contributed by atoms with Crippen molar-refractivity contribution in [1.29, 1.82) is 0 Å². The maximum Gasteiger partial charge on any atom is 0.127 e. The molecular formula is C17H23FN2O. The Labute approximate surface area is 125 Å². The van der Waals surface area contributed by atoms with E-state index in [0.29, 0.717) is 24.7 Å². The van der Waals surface area contributed by atoms with Gasteiger partial charge in [0.25, 0.3) is 0 Å². The lowest BCUT2D eigenvalue weighted by molar-refractivity contribution is 0.284. The van der Waals surface area contributed by atoms with Gasteiger partial charge in [-0.1, -0.05) is 32.0 Å². The first-order chi connectivity index (χ1) is 10.0. The van der Waals surface area contributed by atoms with Gasteiger partial charge in [-0.2, -0.15) is 0 Å². The molecule has 2 rings (SSSR count). The third-order valence-corrected chi connectivity index (χ3v) is 3.25. The molecule has 1 aromatic heterocycles. The Morgan fingerprint density at radius 3 is 2.71 bits per heavy atom. The summed E-state index contributed by atoms with van der Waals surface area (Å²) in [4.78, 5) is 2.04. The summed E-state index contributed by atoms with van der Waals surface area (Å²) in [6.45, 7) is 6.26. The van der Waals surface area contributed by atoms with Gasteiger partial charge < -0.3 is 9.73 Å². The Morgan fingerprint density at radius 2 is 2.00 bits per heavy atom. The van der Waals surface area contributed by atoms with Crippen molar-refractivity contribution in [2.75, 3.05) is 7.05 Å². The number of rotatable bonds is 7. The van der Waals surface area contributed by atoms with E-state index < -0.39 is 0 Å². The van der Waals surface area contributed by atoms with Crippen molar-refractivity contribution in [3.8, 4) is 0 Å². The number of nitrogens with zero attached hydrogens (tertiary/aromatic N) is 1. The van der Waals surface area contributed by atoms with Crippen LogP contribution in [0.4, 0.5) is 4.39 Å². The minimum Gasteiger partial charge on any atom is -0.468 e. The molecule has 0 saturated carbocycles. The molecule has 2 aromatic rings. The second-order valence-electron chi connectivity index (χ2n) is 5.72. The van der Waals surface area contributed by atoms with E-state index in [4.69, 9.17) is 4.42 Å². The molecule has 1 heterocycles. The third-order valence-electron chi connectivity index (χ3n) is 3.25. The number of nitrogens with one attached hydrogen (secondary N) is 1. The molecule has 0 unspecified atom stereocenters. The maximum absolute atomic E-state index is 13.6. The van der Waals surface area contributed by atoms with Crippen LogP contribution in [0.15, 0.2) is 41.0 Å². The average Bonchev–Trinajstić information content (AvgIpc) is 2.86. The SMILES string of the molecule is CC(C)NCc1coc(CN(C)Cc2ccccc2F)c1. The van der Waals surface area contributed by atoms with Crippen LogP contribution in [-0.2, 0) is 19.6 Å². The Balaban J connectivity index is 1.88. The van der Waals surface area contributed by atoms with Crippen molar-refractivity contribution >= 4 is 0 Å². The summed E-state index contributed by atoms with van der Waals surface area (Å²) in [6, 6.07) is 9.37. The van der Waals surface area contributed by atoms with Crippen molar-refractivity contribution in [1.82, 2.24) is 10.2 Å². The van der Waals surface area contributed by atoms with Crippen LogP contribution in [0.3, 0.4) is 0 Å². The van der Waals surface area contributed by atoms with Crippen LogP contribution in [0.25, 0.3) is 0 Å². The fraction of sp³-hybridized carbons (Fsp3) is 0.412. The zero-order chi connectivity index (χ0) is 15.2. The first-order valence-electron chi connectivity index (χ1n) is 7.26. The highest BCUT2D eigenvalue weighted by molar-refractivity contribution is 5.17. The Bertz CT molecular complexity index is 565. The molecule has 3 nitrogen and oxygen atoms in total. The van der Waals surface area contributed by atoms with Gasteiger partial charge in [0.15, 0.2) is 0 Å². The van der Waals surface area contributed by atoms with E-state index in [1.165, 1.54) is 6.07 Å². The number of hydrogen-bond donors (Lipinski definition) is 1. The lowest BCUT2D eigenvalue weighted by Gasteiger charge is -2.15. The summed E-state index contributed by atoms with van der Waals surface area (Å²) >= 11 is 0. The normalized spacial score (nSPS) is 11.5. The molecule has 1 aromatic carbocycles. The number of hydrogen-bond acceptors (Lipinski definition) is 3. The first-order valence-corrected chi connectivity index (χ1v) is 7.26. The van der Waals surface area contributed by atoms with Gasteiger partial charge in [-0.25, -0.2) is 4.39 Å². The van der Waals surface area contributed by atoms with E-state index in [-0.39, 0.29) is 5.82 Å². The molecule has 0 spiro atoms. The van der Waals surface area contributed by atoms with Crippen LogP contribution in [0.5, 0.6) is 0 Å². The summed E-state index contributed by atoms with van der Waals surface area (Å²) in [5.74, 6) is 0.736. The molecule has 0 bridgehead atoms. The van der Waals surface area contributed by atoms with Crippen LogP contribution in [0.2, 0.25) is 0 Å². The molecule has 0 atom stereocenters. The van der Waals surface area contributed by atoms with Gasteiger partial charge in [0, 0.05) is 30.3 Å². The monoisotopic (exact) mass is 290 g/mol. The van der Waals surface area contributed by atoms with E-state index in [2.05, 4.69) is 19.2 Å². The van der Waals surface area contributed by atoms with Gasteiger partial charge in [0.1, 0.15) is 11.6 Å². The van der Waals surface area contributed by atoms with Crippen LogP contribution >= 0.6 is 0 Å². The zero-order valence-corrected chi connectivity index (χ0v) is 12.9. The fourth-order valence-corrected chi connectivity index (χ4v) is 2.16. The quantitative estimate of drug-likeness (QED) is 0.845. The average molecular weight is 290 g/mol. The third kappa shape index (κ3) is 4.99. The molecule has 21 heavy (non-hydrogen) atoms. The minimum absolute atomic E-state index is 0.161. The first kappa shape index (κ1) is 15.7. The van der Waals surface area contributed by atoms with Gasteiger partial charge in [-0.3, -0.25) is 4.90 Å². The van der Waals surface area contributed by atoms with Gasteiger partial charge in [-0.15, -0.1) is 0 Å². The molecule has 0 aliphatic heterocycles. The Hall–Kier alpha value is -1.65. The van der Waals surface area contributed by atoms with E-state index >= 15 is 0 Å². The minimum atomic E-state index is -0.161. The summed E-state index contributed by atoms with van der Waals surface area (Å²) < 4.78 is 19.2. The highest BCUT2D eigenvalue weighted by atomic mass is 19.1. The Morgan fingerprint density at radius 1 is 1.24 bits per heavy atom. The van der Waals surface area contributed by atoms with Crippen LogP contribution in [0.1, 0.15) is 30.7 Å². The summed E-state index contributed by atoms with van der Waals surface area (Å²) in [5.41, 5.74) is 1.84. The van der Waals surface area contributed by atoms with Crippen molar-refractivity contribution in [3.05, 3.63) is 59.3 Å². The van der Waals surface area contributed by atoms with Crippen molar-refractivity contribution in [3.63, 3.8) is 0 Å². The van der Waals surface area contributed by atoms with Gasteiger partial charge in [-0.05, 0) is 19.2 Å². The smallest absolute Gasteiger partial charge is 0.127 e.